The Morgan fingerprint density at radius 2 is 1.68 bits per heavy atom. The lowest BCUT2D eigenvalue weighted by atomic mass is 9.91. The van der Waals surface area contributed by atoms with E-state index >= 15 is 0 Å². The Morgan fingerprint density at radius 3 is 2.45 bits per heavy atom. The summed E-state index contributed by atoms with van der Waals surface area (Å²) in [4.78, 5) is 24.4. The zero-order valence-electron chi connectivity index (χ0n) is 24.0. The molecule has 1 aliphatic rings. The highest BCUT2D eigenvalue weighted by Gasteiger charge is 2.21. The molecule has 1 fully saturated rings. The number of nitrogens with zero attached hydrogens (tertiary/aromatic N) is 3. The molecule has 3 atom stereocenters. The van der Waals surface area contributed by atoms with E-state index in [2.05, 4.69) is 29.3 Å². The third kappa shape index (κ3) is 7.92. The van der Waals surface area contributed by atoms with E-state index in [1.807, 2.05) is 52.2 Å². The highest BCUT2D eigenvalue weighted by atomic mass is 16.1. The van der Waals surface area contributed by atoms with Gasteiger partial charge in [-0.15, -0.1) is 0 Å². The van der Waals surface area contributed by atoms with Gasteiger partial charge in [0.15, 0.2) is 0 Å². The van der Waals surface area contributed by atoms with E-state index in [1.165, 1.54) is 44.9 Å². The maximum Gasteiger partial charge on any atom is 0.253 e. The van der Waals surface area contributed by atoms with Crippen molar-refractivity contribution in [3.05, 3.63) is 59.9 Å². The van der Waals surface area contributed by atoms with Gasteiger partial charge in [-0.2, -0.15) is 0 Å². The summed E-state index contributed by atoms with van der Waals surface area (Å²) in [5, 5.41) is 4.22. The number of nitrogen functional groups attached to an aromatic ring is 1. The van der Waals surface area contributed by atoms with E-state index in [4.69, 9.17) is 15.7 Å². The maximum atomic E-state index is 12.5. The van der Waals surface area contributed by atoms with Crippen LogP contribution < -0.4 is 16.0 Å². The molecule has 1 amide bonds. The van der Waals surface area contributed by atoms with Crippen LogP contribution in [0.2, 0.25) is 0 Å². The van der Waals surface area contributed by atoms with Crippen LogP contribution in [0.25, 0.3) is 10.9 Å². The fourth-order valence-corrected chi connectivity index (χ4v) is 5.46. The van der Waals surface area contributed by atoms with Crippen molar-refractivity contribution in [3.8, 4) is 0 Å². The molecule has 4 rings (SSSR count). The van der Waals surface area contributed by atoms with E-state index in [0.717, 1.165) is 41.4 Å². The van der Waals surface area contributed by atoms with Gasteiger partial charge in [0, 0.05) is 37.6 Å². The highest BCUT2D eigenvalue weighted by molar-refractivity contribution is 5.99. The molecule has 3 unspecified atom stereocenters. The Labute approximate surface area is 229 Å². The first-order valence-corrected chi connectivity index (χ1v) is 14.5. The minimum atomic E-state index is -0.0591. The quantitative estimate of drug-likeness (QED) is 0.231. The Hall–Kier alpha value is -3.15. The summed E-state index contributed by atoms with van der Waals surface area (Å²) in [7, 11) is 4.09. The molecule has 6 nitrogen and oxygen atoms in total. The van der Waals surface area contributed by atoms with Crippen LogP contribution in [0, 0.1) is 11.8 Å². The third-order valence-electron chi connectivity index (χ3n) is 7.68. The molecule has 2 aromatic carbocycles. The molecular formula is C32H47N5O. The van der Waals surface area contributed by atoms with Gasteiger partial charge in [0.25, 0.3) is 5.91 Å². The number of carbonyl (C=O) groups is 1. The van der Waals surface area contributed by atoms with Gasteiger partial charge in [0.2, 0.25) is 0 Å². The van der Waals surface area contributed by atoms with Gasteiger partial charge in [-0.1, -0.05) is 77.1 Å². The predicted molar refractivity (Wildman–Crippen MR) is 161 cm³/mol. The molecule has 1 aromatic heterocycles. The van der Waals surface area contributed by atoms with Crippen molar-refractivity contribution in [1.29, 1.82) is 0 Å². The van der Waals surface area contributed by atoms with Gasteiger partial charge in [0.1, 0.15) is 11.6 Å². The summed E-state index contributed by atoms with van der Waals surface area (Å²) < 4.78 is 0. The number of aromatic nitrogens is 2. The van der Waals surface area contributed by atoms with Crippen molar-refractivity contribution in [1.82, 2.24) is 15.3 Å². The summed E-state index contributed by atoms with van der Waals surface area (Å²) >= 11 is 0. The van der Waals surface area contributed by atoms with Gasteiger partial charge >= 0.3 is 0 Å². The standard InChI is InChI=1S/C30H41N5O.C2H6/c1-21(28-33-27-17-7-5-15-25(27)29(34-28)35(2)3)10-8-11-22-12-9-13-23(19-18-22)20-32-30(36)24-14-4-6-16-26(24)31;1-2/h4-7,14-17,21-23H,8-13,18-20,31H2,1-3H3,(H,32,36);1-2H3. The molecule has 0 aliphatic heterocycles. The van der Waals surface area contributed by atoms with Crippen LogP contribution in [-0.2, 0) is 0 Å². The Kier molecular flexibility index (Phi) is 11.4. The molecule has 3 aromatic rings. The first kappa shape index (κ1) is 29.4. The number of hydrogen-bond acceptors (Lipinski definition) is 5. The van der Waals surface area contributed by atoms with Gasteiger partial charge in [-0.25, -0.2) is 9.97 Å². The average Bonchev–Trinajstić information content (AvgIpc) is 3.17. The van der Waals surface area contributed by atoms with Crippen molar-refractivity contribution in [2.45, 2.75) is 78.1 Å². The van der Waals surface area contributed by atoms with E-state index in [-0.39, 0.29) is 5.91 Å². The highest BCUT2D eigenvalue weighted by Crippen LogP contribution is 2.32. The molecule has 0 bridgehead atoms. The second kappa shape index (κ2) is 14.7. The van der Waals surface area contributed by atoms with Gasteiger partial charge in [-0.05, 0) is 55.4 Å². The fraction of sp³-hybridized carbons (Fsp3) is 0.531. The number of amides is 1. The topological polar surface area (TPSA) is 84.1 Å². The SMILES string of the molecule is CC.CC(CCCC1CCCC(CNC(=O)c2ccccc2N)CC1)c1nc(N(C)C)c2ccccc2n1. The molecule has 1 saturated carbocycles. The molecule has 6 heteroatoms. The molecule has 1 heterocycles. The zero-order valence-corrected chi connectivity index (χ0v) is 24.0. The van der Waals surface area contributed by atoms with Crippen molar-refractivity contribution < 1.29 is 4.79 Å². The number of para-hydroxylation sites is 2. The predicted octanol–water partition coefficient (Wildman–Crippen LogP) is 7.20. The monoisotopic (exact) mass is 517 g/mol. The van der Waals surface area contributed by atoms with Crippen LogP contribution in [0.3, 0.4) is 0 Å². The largest absolute Gasteiger partial charge is 0.398 e. The number of carbonyl (C=O) groups excluding carboxylic acids is 1. The minimum absolute atomic E-state index is 0.0591. The number of nitrogens with two attached hydrogens (primary N) is 1. The number of nitrogens with one attached hydrogen (secondary N) is 1. The lowest BCUT2D eigenvalue weighted by Gasteiger charge is -2.19. The van der Waals surface area contributed by atoms with E-state index in [1.54, 1.807) is 12.1 Å². The number of rotatable bonds is 9. The fourth-order valence-electron chi connectivity index (χ4n) is 5.46. The van der Waals surface area contributed by atoms with Crippen molar-refractivity contribution in [3.63, 3.8) is 0 Å². The molecule has 38 heavy (non-hydrogen) atoms. The smallest absolute Gasteiger partial charge is 0.253 e. The summed E-state index contributed by atoms with van der Waals surface area (Å²) in [5.41, 5.74) is 8.09. The van der Waals surface area contributed by atoms with Gasteiger partial charge in [0.05, 0.1) is 11.1 Å². The summed E-state index contributed by atoms with van der Waals surface area (Å²) in [6.45, 7) is 7.00. The summed E-state index contributed by atoms with van der Waals surface area (Å²) in [6.07, 6.45) is 9.74. The molecular weight excluding hydrogens is 470 g/mol. The van der Waals surface area contributed by atoms with Crippen molar-refractivity contribution in [2.75, 3.05) is 31.3 Å². The lowest BCUT2D eigenvalue weighted by molar-refractivity contribution is 0.0946. The molecule has 206 valence electrons. The first-order chi connectivity index (χ1) is 18.4. The normalized spacial score (nSPS) is 18.1. The Morgan fingerprint density at radius 1 is 1.00 bits per heavy atom. The number of anilines is 2. The molecule has 0 saturated heterocycles. The second-order valence-corrected chi connectivity index (χ2v) is 10.7. The summed E-state index contributed by atoms with van der Waals surface area (Å²) in [5.74, 6) is 3.56. The number of fused-ring (bicyclic) bond motifs is 1. The van der Waals surface area contributed by atoms with Crippen LogP contribution in [0.1, 0.15) is 94.2 Å². The minimum Gasteiger partial charge on any atom is -0.398 e. The number of hydrogen-bond donors (Lipinski definition) is 2. The number of benzene rings is 2. The summed E-state index contributed by atoms with van der Waals surface area (Å²) in [6, 6.07) is 15.6. The van der Waals surface area contributed by atoms with Crippen LogP contribution >= 0.6 is 0 Å². The average molecular weight is 518 g/mol. The molecule has 1 aliphatic carbocycles. The van der Waals surface area contributed by atoms with Crippen LogP contribution in [0.15, 0.2) is 48.5 Å². The van der Waals surface area contributed by atoms with Crippen LogP contribution in [0.5, 0.6) is 0 Å². The molecule has 0 spiro atoms. The molecule has 3 N–H and O–H groups in total. The van der Waals surface area contributed by atoms with E-state index < -0.39 is 0 Å². The van der Waals surface area contributed by atoms with Crippen LogP contribution in [0.4, 0.5) is 11.5 Å². The second-order valence-electron chi connectivity index (χ2n) is 10.7. The third-order valence-corrected chi connectivity index (χ3v) is 7.68. The zero-order chi connectivity index (χ0) is 27.5. The van der Waals surface area contributed by atoms with E-state index in [9.17, 15) is 4.79 Å². The van der Waals surface area contributed by atoms with Gasteiger partial charge < -0.3 is 16.0 Å². The van der Waals surface area contributed by atoms with Crippen LogP contribution in [-0.4, -0.2) is 36.5 Å². The Balaban J connectivity index is 0.00000195. The maximum absolute atomic E-state index is 12.5. The Bertz CT molecular complexity index is 1160. The lowest BCUT2D eigenvalue weighted by Crippen LogP contribution is -2.29. The van der Waals surface area contributed by atoms with Crippen molar-refractivity contribution >= 4 is 28.3 Å². The first-order valence-electron chi connectivity index (χ1n) is 14.5. The van der Waals surface area contributed by atoms with Crippen molar-refractivity contribution in [2.24, 2.45) is 11.8 Å². The molecule has 0 radical (unpaired) electrons. The van der Waals surface area contributed by atoms with E-state index in [0.29, 0.717) is 23.1 Å². The van der Waals surface area contributed by atoms with Gasteiger partial charge in [-0.3, -0.25) is 4.79 Å².